The predicted octanol–water partition coefficient (Wildman–Crippen LogP) is 2.12. The predicted molar refractivity (Wildman–Crippen MR) is 86.0 cm³/mol. The van der Waals surface area contributed by atoms with Crippen molar-refractivity contribution in [2.45, 2.75) is 20.4 Å². The molecule has 0 atom stereocenters. The summed E-state index contributed by atoms with van der Waals surface area (Å²) < 4.78 is 0. The van der Waals surface area contributed by atoms with Crippen molar-refractivity contribution in [2.75, 3.05) is 24.5 Å². The van der Waals surface area contributed by atoms with E-state index in [1.165, 1.54) is 11.3 Å². The number of hydrogen-bond donors (Lipinski definition) is 2. The third-order valence-corrected chi connectivity index (χ3v) is 3.22. The minimum Gasteiger partial charge on any atom is -0.370 e. The van der Waals surface area contributed by atoms with Gasteiger partial charge in [-0.25, -0.2) is 4.99 Å². The maximum absolute atomic E-state index is 5.85. The lowest BCUT2D eigenvalue weighted by Gasteiger charge is -2.18. The normalized spacial score (nSPS) is 15.2. The van der Waals surface area contributed by atoms with Crippen molar-refractivity contribution < 1.29 is 0 Å². The molecule has 0 bridgehead atoms. The highest BCUT2D eigenvalue weighted by atomic mass is 15.1. The molecule has 0 radical (unpaired) electrons. The van der Waals surface area contributed by atoms with Crippen molar-refractivity contribution in [2.24, 2.45) is 16.6 Å². The number of aliphatic imine (C=N–C) groups is 1. The summed E-state index contributed by atoms with van der Waals surface area (Å²) in [5.74, 6) is 1.08. The molecule has 4 nitrogen and oxygen atoms in total. The molecule has 20 heavy (non-hydrogen) atoms. The van der Waals surface area contributed by atoms with Gasteiger partial charge in [-0.05, 0) is 23.6 Å². The summed E-state index contributed by atoms with van der Waals surface area (Å²) in [6, 6.07) is 8.50. The van der Waals surface area contributed by atoms with Crippen LogP contribution in [0.25, 0.3) is 0 Å². The number of nitrogens with one attached hydrogen (secondary N) is 1. The molecule has 1 aromatic rings. The third kappa shape index (κ3) is 4.30. The summed E-state index contributed by atoms with van der Waals surface area (Å²) in [6.07, 6.45) is 4.39. The van der Waals surface area contributed by atoms with Gasteiger partial charge < -0.3 is 16.0 Å². The Bertz CT molecular complexity index is 483. The number of anilines is 1. The van der Waals surface area contributed by atoms with Crippen molar-refractivity contribution in [1.29, 1.82) is 0 Å². The molecule has 0 unspecified atom stereocenters. The van der Waals surface area contributed by atoms with Crippen LogP contribution in [0.3, 0.4) is 0 Å². The summed E-state index contributed by atoms with van der Waals surface area (Å²) in [5.41, 5.74) is 8.28. The molecule has 0 amide bonds. The maximum atomic E-state index is 5.85. The fourth-order valence-electron chi connectivity index (χ4n) is 2.08. The Labute approximate surface area is 121 Å². The van der Waals surface area contributed by atoms with Crippen LogP contribution in [0, 0.1) is 5.92 Å². The van der Waals surface area contributed by atoms with Crippen LogP contribution in [0.2, 0.25) is 0 Å². The number of nitrogens with two attached hydrogens (primary N) is 1. The Hall–Kier alpha value is -1.97. The lowest BCUT2D eigenvalue weighted by atomic mass is 10.2. The molecule has 0 spiro atoms. The summed E-state index contributed by atoms with van der Waals surface area (Å²) in [5, 5.41) is 3.13. The first-order valence-electron chi connectivity index (χ1n) is 7.18. The first-order valence-corrected chi connectivity index (χ1v) is 7.18. The van der Waals surface area contributed by atoms with Crippen molar-refractivity contribution in [3.63, 3.8) is 0 Å². The van der Waals surface area contributed by atoms with Crippen LogP contribution in [0.5, 0.6) is 0 Å². The Balaban J connectivity index is 1.92. The smallest absolute Gasteiger partial charge is 0.188 e. The van der Waals surface area contributed by atoms with Crippen molar-refractivity contribution in [3.05, 3.63) is 42.0 Å². The minimum absolute atomic E-state index is 0.520. The molecular weight excluding hydrogens is 248 g/mol. The zero-order chi connectivity index (χ0) is 14.4. The zero-order valence-corrected chi connectivity index (χ0v) is 12.3. The van der Waals surface area contributed by atoms with Gasteiger partial charge in [0.15, 0.2) is 5.96 Å². The van der Waals surface area contributed by atoms with E-state index in [0.717, 1.165) is 19.6 Å². The quantitative estimate of drug-likeness (QED) is 0.490. The van der Waals surface area contributed by atoms with Gasteiger partial charge in [0, 0.05) is 25.3 Å². The van der Waals surface area contributed by atoms with Crippen molar-refractivity contribution in [3.8, 4) is 0 Å². The molecule has 0 aromatic heterocycles. The lowest BCUT2D eigenvalue weighted by molar-refractivity contribution is 0.622. The molecule has 1 aromatic carbocycles. The van der Waals surface area contributed by atoms with E-state index in [1.54, 1.807) is 0 Å². The monoisotopic (exact) mass is 272 g/mol. The van der Waals surface area contributed by atoms with Gasteiger partial charge in [0.25, 0.3) is 0 Å². The van der Waals surface area contributed by atoms with Crippen LogP contribution in [0.15, 0.2) is 41.4 Å². The number of rotatable bonds is 5. The van der Waals surface area contributed by atoms with E-state index in [0.29, 0.717) is 18.4 Å². The van der Waals surface area contributed by atoms with E-state index in [-0.39, 0.29) is 0 Å². The maximum Gasteiger partial charge on any atom is 0.188 e. The van der Waals surface area contributed by atoms with Crippen LogP contribution in [-0.2, 0) is 6.54 Å². The fraction of sp³-hybridized carbons (Fsp3) is 0.438. The third-order valence-electron chi connectivity index (χ3n) is 3.22. The van der Waals surface area contributed by atoms with Gasteiger partial charge in [0.1, 0.15) is 0 Å². The molecule has 3 N–H and O–H groups in total. The van der Waals surface area contributed by atoms with Gasteiger partial charge in [0.2, 0.25) is 0 Å². The second-order valence-corrected chi connectivity index (χ2v) is 5.52. The highest BCUT2D eigenvalue weighted by molar-refractivity contribution is 5.77. The van der Waals surface area contributed by atoms with E-state index in [1.807, 2.05) is 0 Å². The topological polar surface area (TPSA) is 53.6 Å². The molecule has 0 fully saturated rings. The highest BCUT2D eigenvalue weighted by Gasteiger charge is 2.07. The molecule has 0 aliphatic carbocycles. The Morgan fingerprint density at radius 2 is 2.10 bits per heavy atom. The summed E-state index contributed by atoms with van der Waals surface area (Å²) in [6.45, 7) is 7.75. The molecule has 1 heterocycles. The Kier molecular flexibility index (Phi) is 5.04. The summed E-state index contributed by atoms with van der Waals surface area (Å²) >= 11 is 0. The van der Waals surface area contributed by atoms with Crippen LogP contribution < -0.4 is 16.0 Å². The second kappa shape index (κ2) is 6.98. The molecule has 108 valence electrons. The molecular formula is C16H24N4. The van der Waals surface area contributed by atoms with E-state index < -0.39 is 0 Å². The van der Waals surface area contributed by atoms with E-state index in [4.69, 9.17) is 5.73 Å². The molecule has 1 aliphatic heterocycles. The van der Waals surface area contributed by atoms with Gasteiger partial charge in [-0.3, -0.25) is 0 Å². The summed E-state index contributed by atoms with van der Waals surface area (Å²) in [7, 11) is 0. The molecule has 0 saturated heterocycles. The number of benzene rings is 1. The average Bonchev–Trinajstić information content (AvgIpc) is 2.97. The SMILES string of the molecule is CC(C)CNC(N)=NCc1cccc(N2CC=CC2)c1. The summed E-state index contributed by atoms with van der Waals surface area (Å²) in [4.78, 5) is 6.71. The molecule has 2 rings (SSSR count). The lowest BCUT2D eigenvalue weighted by Crippen LogP contribution is -2.34. The van der Waals surface area contributed by atoms with Crippen LogP contribution in [-0.4, -0.2) is 25.6 Å². The van der Waals surface area contributed by atoms with E-state index >= 15 is 0 Å². The number of nitrogens with zero attached hydrogens (tertiary/aromatic N) is 2. The zero-order valence-electron chi connectivity index (χ0n) is 12.3. The fourth-order valence-corrected chi connectivity index (χ4v) is 2.08. The van der Waals surface area contributed by atoms with Gasteiger partial charge in [0.05, 0.1) is 6.54 Å². The Morgan fingerprint density at radius 3 is 2.80 bits per heavy atom. The number of hydrogen-bond acceptors (Lipinski definition) is 2. The Morgan fingerprint density at radius 1 is 1.35 bits per heavy atom. The van der Waals surface area contributed by atoms with Crippen LogP contribution in [0.4, 0.5) is 5.69 Å². The number of guanidine groups is 1. The van der Waals surface area contributed by atoms with Gasteiger partial charge in [-0.1, -0.05) is 38.1 Å². The average molecular weight is 272 g/mol. The van der Waals surface area contributed by atoms with Crippen molar-refractivity contribution in [1.82, 2.24) is 5.32 Å². The molecule has 4 heteroatoms. The standard InChI is InChI=1S/C16H24N4/c1-13(2)11-18-16(17)19-12-14-6-5-7-15(10-14)20-8-3-4-9-20/h3-7,10,13H,8-9,11-12H2,1-2H3,(H3,17,18,19). The first kappa shape index (κ1) is 14.4. The van der Waals surface area contributed by atoms with Crippen LogP contribution in [0.1, 0.15) is 19.4 Å². The van der Waals surface area contributed by atoms with E-state index in [9.17, 15) is 0 Å². The van der Waals surface area contributed by atoms with Crippen LogP contribution >= 0.6 is 0 Å². The largest absolute Gasteiger partial charge is 0.370 e. The van der Waals surface area contributed by atoms with Gasteiger partial charge >= 0.3 is 0 Å². The first-order chi connectivity index (χ1) is 9.65. The molecule has 0 saturated carbocycles. The van der Waals surface area contributed by atoms with Gasteiger partial charge in [-0.15, -0.1) is 0 Å². The van der Waals surface area contributed by atoms with Crippen molar-refractivity contribution >= 4 is 11.6 Å². The highest BCUT2D eigenvalue weighted by Crippen LogP contribution is 2.18. The second-order valence-electron chi connectivity index (χ2n) is 5.52. The minimum atomic E-state index is 0.520. The van der Waals surface area contributed by atoms with Gasteiger partial charge in [-0.2, -0.15) is 0 Å². The van der Waals surface area contributed by atoms with E-state index in [2.05, 4.69) is 65.5 Å². The molecule has 1 aliphatic rings.